The molecule has 0 aliphatic rings. The van der Waals surface area contributed by atoms with E-state index in [1.54, 1.807) is 6.92 Å². The van der Waals surface area contributed by atoms with Crippen LogP contribution in [-0.2, 0) is 4.79 Å². The van der Waals surface area contributed by atoms with Gasteiger partial charge in [-0.05, 0) is 6.42 Å². The molecule has 0 heterocycles. The number of carbonyl (C=O) groups is 1. The third-order valence-corrected chi connectivity index (χ3v) is 2.20. The molecule has 1 N–H and O–H groups in total. The fraction of sp³-hybridized carbons (Fsp3) is 0.833. The molecule has 0 spiro atoms. The van der Waals surface area contributed by atoms with Gasteiger partial charge in [0.25, 0.3) is 0 Å². The summed E-state index contributed by atoms with van der Waals surface area (Å²) >= 11 is 4.08. The minimum absolute atomic E-state index is 0.0116. The van der Waals surface area contributed by atoms with Crippen LogP contribution in [0.3, 0.4) is 0 Å². The summed E-state index contributed by atoms with van der Waals surface area (Å²) in [6.07, 6.45) is 0.802. The first-order chi connectivity index (χ1) is 4.09. The van der Waals surface area contributed by atoms with Crippen LogP contribution in [0.5, 0.6) is 0 Å². The molecular weight excluding hydrogens is 136 g/mol. The van der Waals surface area contributed by atoms with Gasteiger partial charge in [0.2, 0.25) is 0 Å². The maximum atomic E-state index is 10.3. The SMILES string of the molecule is CCC(S)C(C)C(=O)O. The van der Waals surface area contributed by atoms with Gasteiger partial charge in [-0.3, -0.25) is 4.79 Å². The summed E-state index contributed by atoms with van der Waals surface area (Å²) in [7, 11) is 0. The lowest BCUT2D eigenvalue weighted by molar-refractivity contribution is -0.141. The van der Waals surface area contributed by atoms with Crippen molar-refractivity contribution in [3.05, 3.63) is 0 Å². The highest BCUT2D eigenvalue weighted by Crippen LogP contribution is 2.12. The second-order valence-electron chi connectivity index (χ2n) is 2.10. The van der Waals surface area contributed by atoms with E-state index in [0.29, 0.717) is 0 Å². The van der Waals surface area contributed by atoms with E-state index in [0.717, 1.165) is 6.42 Å². The lowest BCUT2D eigenvalue weighted by atomic mass is 10.1. The first-order valence-corrected chi connectivity index (χ1v) is 3.52. The van der Waals surface area contributed by atoms with E-state index in [-0.39, 0.29) is 11.2 Å². The summed E-state index contributed by atoms with van der Waals surface area (Å²) in [5.41, 5.74) is 0. The Kier molecular flexibility index (Phi) is 3.70. The highest BCUT2D eigenvalue weighted by atomic mass is 32.1. The summed E-state index contributed by atoms with van der Waals surface area (Å²) in [6, 6.07) is 0. The maximum Gasteiger partial charge on any atom is 0.307 e. The van der Waals surface area contributed by atoms with Crippen molar-refractivity contribution in [1.82, 2.24) is 0 Å². The lowest BCUT2D eigenvalue weighted by Crippen LogP contribution is -2.19. The van der Waals surface area contributed by atoms with Gasteiger partial charge in [0.05, 0.1) is 5.92 Å². The van der Waals surface area contributed by atoms with Crippen LogP contribution < -0.4 is 0 Å². The number of thiol groups is 1. The average Bonchev–Trinajstić information content (AvgIpc) is 1.84. The highest BCUT2D eigenvalue weighted by molar-refractivity contribution is 7.81. The number of hydrogen-bond donors (Lipinski definition) is 2. The lowest BCUT2D eigenvalue weighted by Gasteiger charge is -2.11. The number of carboxylic acid groups (broad SMARTS) is 1. The molecule has 2 unspecified atom stereocenters. The van der Waals surface area contributed by atoms with E-state index in [9.17, 15) is 4.79 Å². The molecule has 0 amide bonds. The predicted molar refractivity (Wildman–Crippen MR) is 39.9 cm³/mol. The van der Waals surface area contributed by atoms with Gasteiger partial charge in [0.1, 0.15) is 0 Å². The monoisotopic (exact) mass is 148 g/mol. The molecule has 0 rings (SSSR count). The Morgan fingerprint density at radius 1 is 1.78 bits per heavy atom. The first kappa shape index (κ1) is 8.82. The Labute approximate surface area is 60.7 Å². The molecule has 0 aromatic heterocycles. The molecule has 0 aromatic rings. The Balaban J connectivity index is 3.72. The molecule has 2 nitrogen and oxygen atoms in total. The summed E-state index contributed by atoms with van der Waals surface area (Å²) in [4.78, 5) is 10.3. The summed E-state index contributed by atoms with van der Waals surface area (Å²) < 4.78 is 0. The molecule has 0 saturated heterocycles. The molecule has 0 aliphatic heterocycles. The smallest absolute Gasteiger partial charge is 0.307 e. The molecule has 0 fully saturated rings. The van der Waals surface area contributed by atoms with Crippen molar-refractivity contribution in [3.8, 4) is 0 Å². The Hall–Kier alpha value is -0.180. The number of aliphatic carboxylic acids is 1. The highest BCUT2D eigenvalue weighted by Gasteiger charge is 2.17. The van der Waals surface area contributed by atoms with Gasteiger partial charge in [0.15, 0.2) is 0 Å². The Morgan fingerprint density at radius 3 is 2.33 bits per heavy atom. The molecule has 0 aliphatic carbocycles. The third kappa shape index (κ3) is 2.75. The second kappa shape index (κ2) is 3.77. The minimum atomic E-state index is -0.767. The molecule has 0 aromatic carbocycles. The van der Waals surface area contributed by atoms with Gasteiger partial charge in [-0.2, -0.15) is 12.6 Å². The van der Waals surface area contributed by atoms with Crippen molar-refractivity contribution in [2.24, 2.45) is 5.92 Å². The molecular formula is C6H12O2S. The quantitative estimate of drug-likeness (QED) is 0.594. The standard InChI is InChI=1S/C6H12O2S/c1-3-5(9)4(2)6(7)8/h4-5,9H,3H2,1-2H3,(H,7,8). The zero-order valence-electron chi connectivity index (χ0n) is 5.66. The maximum absolute atomic E-state index is 10.3. The van der Waals surface area contributed by atoms with Gasteiger partial charge in [-0.1, -0.05) is 13.8 Å². The van der Waals surface area contributed by atoms with Crippen molar-refractivity contribution in [2.45, 2.75) is 25.5 Å². The average molecular weight is 148 g/mol. The first-order valence-electron chi connectivity index (χ1n) is 3.00. The predicted octanol–water partition coefficient (Wildman–Crippen LogP) is 1.42. The fourth-order valence-electron chi connectivity index (χ4n) is 0.518. The molecule has 3 heteroatoms. The van der Waals surface area contributed by atoms with Gasteiger partial charge < -0.3 is 5.11 Å². The molecule has 0 saturated carbocycles. The van der Waals surface area contributed by atoms with E-state index in [2.05, 4.69) is 12.6 Å². The van der Waals surface area contributed by atoms with Crippen molar-refractivity contribution in [2.75, 3.05) is 0 Å². The van der Waals surface area contributed by atoms with Gasteiger partial charge >= 0.3 is 5.97 Å². The number of hydrogen-bond acceptors (Lipinski definition) is 2. The van der Waals surface area contributed by atoms with E-state index >= 15 is 0 Å². The van der Waals surface area contributed by atoms with Gasteiger partial charge in [-0.25, -0.2) is 0 Å². The van der Waals surface area contributed by atoms with E-state index in [1.807, 2.05) is 6.92 Å². The summed E-state index contributed by atoms with van der Waals surface area (Å²) in [5, 5.41) is 8.42. The van der Waals surface area contributed by atoms with Crippen LogP contribution in [-0.4, -0.2) is 16.3 Å². The summed E-state index contributed by atoms with van der Waals surface area (Å²) in [5.74, 6) is -1.10. The van der Waals surface area contributed by atoms with Gasteiger partial charge in [0, 0.05) is 5.25 Å². The van der Waals surface area contributed by atoms with Crippen LogP contribution in [0.4, 0.5) is 0 Å². The van der Waals surface area contributed by atoms with E-state index in [4.69, 9.17) is 5.11 Å². The Bertz CT molecular complexity index is 103. The number of rotatable bonds is 3. The number of carboxylic acids is 1. The molecule has 0 bridgehead atoms. The zero-order chi connectivity index (χ0) is 7.44. The molecule has 0 radical (unpaired) electrons. The van der Waals surface area contributed by atoms with Crippen LogP contribution in [0.25, 0.3) is 0 Å². The van der Waals surface area contributed by atoms with E-state index in [1.165, 1.54) is 0 Å². The molecule has 54 valence electrons. The van der Waals surface area contributed by atoms with Gasteiger partial charge in [-0.15, -0.1) is 0 Å². The zero-order valence-corrected chi connectivity index (χ0v) is 6.56. The fourth-order valence-corrected chi connectivity index (χ4v) is 0.646. The normalized spacial score (nSPS) is 16.8. The van der Waals surface area contributed by atoms with Crippen LogP contribution in [0.1, 0.15) is 20.3 Å². The topological polar surface area (TPSA) is 37.3 Å². The molecule has 2 atom stereocenters. The largest absolute Gasteiger partial charge is 0.481 e. The second-order valence-corrected chi connectivity index (χ2v) is 2.77. The van der Waals surface area contributed by atoms with Crippen LogP contribution in [0.15, 0.2) is 0 Å². The summed E-state index contributed by atoms with van der Waals surface area (Å²) in [6.45, 7) is 3.60. The molecule has 9 heavy (non-hydrogen) atoms. The van der Waals surface area contributed by atoms with Crippen molar-refractivity contribution >= 4 is 18.6 Å². The van der Waals surface area contributed by atoms with Crippen molar-refractivity contribution in [3.63, 3.8) is 0 Å². The van der Waals surface area contributed by atoms with Crippen molar-refractivity contribution in [1.29, 1.82) is 0 Å². The van der Waals surface area contributed by atoms with Crippen LogP contribution in [0.2, 0.25) is 0 Å². The van der Waals surface area contributed by atoms with Crippen LogP contribution in [0, 0.1) is 5.92 Å². The van der Waals surface area contributed by atoms with Crippen LogP contribution >= 0.6 is 12.6 Å². The van der Waals surface area contributed by atoms with E-state index < -0.39 is 5.97 Å². The van der Waals surface area contributed by atoms with Crippen molar-refractivity contribution < 1.29 is 9.90 Å². The minimum Gasteiger partial charge on any atom is -0.481 e. The third-order valence-electron chi connectivity index (χ3n) is 1.38. The Morgan fingerprint density at radius 2 is 2.22 bits per heavy atom.